The van der Waals surface area contributed by atoms with E-state index in [1.807, 2.05) is 0 Å². The topological polar surface area (TPSA) is 232 Å². The second kappa shape index (κ2) is 12.7. The number of pyridine rings is 1. The van der Waals surface area contributed by atoms with Gasteiger partial charge in [-0.25, -0.2) is 9.78 Å². The number of aromatic nitrogens is 2. The average Bonchev–Trinajstić information content (AvgIpc) is 3.33. The van der Waals surface area contributed by atoms with Gasteiger partial charge < -0.3 is 27.6 Å². The first-order valence-corrected chi connectivity index (χ1v) is 15.1. The van der Waals surface area contributed by atoms with Gasteiger partial charge in [-0.2, -0.15) is 11.8 Å². The van der Waals surface area contributed by atoms with Crippen molar-refractivity contribution in [1.29, 1.82) is 0 Å². The van der Waals surface area contributed by atoms with Crippen LogP contribution in [-0.2, 0) is 20.1 Å². The minimum atomic E-state index is -1.47. The normalized spacial score (nSPS) is 19.1. The molecule has 4 rings (SSSR count). The zero-order valence-corrected chi connectivity index (χ0v) is 23.3. The fourth-order valence-electron chi connectivity index (χ4n) is 3.74. The summed E-state index contributed by atoms with van der Waals surface area (Å²) in [5, 5.41) is 16.3. The van der Waals surface area contributed by atoms with Crippen molar-refractivity contribution >= 4 is 75.5 Å². The summed E-state index contributed by atoms with van der Waals surface area (Å²) in [7, 11) is 0. The number of nitroso groups, excluding NO2 is 1. The highest BCUT2D eigenvalue weighted by atomic mass is 32.2. The Bertz CT molecular complexity index is 1350. The molecule has 0 radical (unpaired) electrons. The molecule has 206 valence electrons. The number of carbonyl (C=O) groups excluding carboxylic acids is 2. The van der Waals surface area contributed by atoms with Crippen molar-refractivity contribution in [3.05, 3.63) is 50.6 Å². The number of hydrogen-bond acceptors (Lipinski definition) is 13. The standard InChI is InChI=1S/C21H23N9O5S4/c22-20(23)26-3-4-36-6-9-5-25-2-1-11(9)39-12-8-37-18-14(17(32)30(18)15(12)19(33)34)28-16(31)13(29-35)10-7-38-21(24)27-10/h1-2,5,7,13-14,18H,3-4,6,8H2,(H2,24,27)(H,28,31)(H,33,34)(H4,22,23,26)/t13?,14-,18+/m1/s1. The number of aliphatic carboxylic acids is 1. The van der Waals surface area contributed by atoms with Crippen LogP contribution in [0.4, 0.5) is 5.13 Å². The summed E-state index contributed by atoms with van der Waals surface area (Å²) >= 11 is 5.23. The smallest absolute Gasteiger partial charge is 0.353 e. The largest absolute Gasteiger partial charge is 0.477 e. The Hall–Kier alpha value is -3.35. The zero-order chi connectivity index (χ0) is 28.1. The van der Waals surface area contributed by atoms with E-state index in [0.717, 1.165) is 21.8 Å². The van der Waals surface area contributed by atoms with Gasteiger partial charge in [0.2, 0.25) is 6.04 Å². The third-order valence-electron chi connectivity index (χ3n) is 5.49. The number of fused-ring (bicyclic) bond motifs is 1. The number of carbonyl (C=O) groups is 3. The second-order valence-corrected chi connectivity index (χ2v) is 12.3. The molecule has 0 aliphatic carbocycles. The second-order valence-electron chi connectivity index (χ2n) is 8.04. The zero-order valence-electron chi connectivity index (χ0n) is 20.1. The molecular formula is C21H23N9O5S4. The highest BCUT2D eigenvalue weighted by molar-refractivity contribution is 8.06. The van der Waals surface area contributed by atoms with E-state index in [2.05, 4.69) is 25.5 Å². The number of anilines is 1. The molecule has 2 aromatic rings. The molecule has 1 unspecified atom stereocenters. The molecule has 2 aliphatic heterocycles. The van der Waals surface area contributed by atoms with Crippen LogP contribution in [0, 0.1) is 4.91 Å². The van der Waals surface area contributed by atoms with Gasteiger partial charge in [0.1, 0.15) is 17.1 Å². The molecule has 0 spiro atoms. The summed E-state index contributed by atoms with van der Waals surface area (Å²) in [6.07, 6.45) is 3.33. The van der Waals surface area contributed by atoms with Crippen LogP contribution in [0.5, 0.6) is 0 Å². The number of thioether (sulfide) groups is 3. The predicted molar refractivity (Wildman–Crippen MR) is 152 cm³/mol. The van der Waals surface area contributed by atoms with Crippen LogP contribution in [0.1, 0.15) is 17.3 Å². The molecule has 14 nitrogen and oxygen atoms in total. The van der Waals surface area contributed by atoms with Crippen LogP contribution in [0.3, 0.4) is 0 Å². The number of nitrogen functional groups attached to an aromatic ring is 1. The van der Waals surface area contributed by atoms with Gasteiger partial charge in [-0.15, -0.1) is 28.0 Å². The molecule has 0 bridgehead atoms. The van der Waals surface area contributed by atoms with Gasteiger partial charge in [-0.3, -0.25) is 24.5 Å². The number of carboxylic acid groups (broad SMARTS) is 1. The fourth-order valence-corrected chi connectivity index (χ4v) is 7.79. The van der Waals surface area contributed by atoms with E-state index in [9.17, 15) is 24.4 Å². The summed E-state index contributed by atoms with van der Waals surface area (Å²) in [6, 6.07) is -0.697. The van der Waals surface area contributed by atoms with Crippen molar-refractivity contribution in [3.63, 3.8) is 0 Å². The SMILES string of the molecule is NC(N)=NCCSCc1cnccc1SC1=C(C(=O)O)N2C(=O)[C@@H](NC(=O)C(N=O)c3csc(N)n3)[C@@H]2SC1. The predicted octanol–water partition coefficient (Wildman–Crippen LogP) is 0.923. The lowest BCUT2D eigenvalue weighted by molar-refractivity contribution is -0.150. The summed E-state index contributed by atoms with van der Waals surface area (Å²) in [6.45, 7) is 0.471. The van der Waals surface area contributed by atoms with Crippen LogP contribution in [0.25, 0.3) is 0 Å². The number of β-lactam (4-membered cyclic amide) rings is 1. The van der Waals surface area contributed by atoms with Gasteiger partial charge in [0.15, 0.2) is 11.1 Å². The average molecular weight is 610 g/mol. The lowest BCUT2D eigenvalue weighted by atomic mass is 10.0. The quantitative estimate of drug-likeness (QED) is 0.0741. The lowest BCUT2D eigenvalue weighted by Gasteiger charge is -2.49. The molecule has 2 aliphatic rings. The Labute approximate surface area is 238 Å². The Kier molecular flexibility index (Phi) is 9.31. The number of guanidine groups is 1. The molecule has 18 heteroatoms. The maximum Gasteiger partial charge on any atom is 0.353 e. The first-order valence-electron chi connectivity index (χ1n) is 11.2. The number of amides is 2. The molecule has 3 atom stereocenters. The first-order chi connectivity index (χ1) is 18.7. The molecule has 0 aromatic carbocycles. The van der Waals surface area contributed by atoms with E-state index >= 15 is 0 Å². The summed E-state index contributed by atoms with van der Waals surface area (Å²) < 4.78 is 0. The minimum absolute atomic E-state index is 0.0293. The van der Waals surface area contributed by atoms with E-state index in [0.29, 0.717) is 28.7 Å². The Morgan fingerprint density at radius 1 is 1.36 bits per heavy atom. The van der Waals surface area contributed by atoms with Crippen LogP contribution < -0.4 is 22.5 Å². The molecule has 1 saturated heterocycles. The maximum atomic E-state index is 13.0. The summed E-state index contributed by atoms with van der Waals surface area (Å²) in [4.78, 5) is 63.8. The third kappa shape index (κ3) is 6.45. The number of nitrogens with two attached hydrogens (primary N) is 3. The van der Waals surface area contributed by atoms with Crippen molar-refractivity contribution in [1.82, 2.24) is 20.2 Å². The molecule has 0 saturated carbocycles. The van der Waals surface area contributed by atoms with E-state index < -0.39 is 35.2 Å². The van der Waals surface area contributed by atoms with Crippen molar-refractivity contribution in [3.8, 4) is 0 Å². The highest BCUT2D eigenvalue weighted by Crippen LogP contribution is 2.46. The van der Waals surface area contributed by atoms with Gasteiger partial charge in [-0.1, -0.05) is 11.8 Å². The van der Waals surface area contributed by atoms with Crippen LogP contribution in [0.15, 0.2) is 49.5 Å². The minimum Gasteiger partial charge on any atom is -0.477 e. The van der Waals surface area contributed by atoms with Crippen molar-refractivity contribution < 1.29 is 19.5 Å². The first kappa shape index (κ1) is 28.7. The number of hydrogen-bond donors (Lipinski definition) is 5. The van der Waals surface area contributed by atoms with Gasteiger partial charge in [0, 0.05) is 44.8 Å². The molecule has 1 fully saturated rings. The van der Waals surface area contributed by atoms with E-state index in [-0.39, 0.29) is 22.5 Å². The monoisotopic (exact) mass is 609 g/mol. The molecule has 2 aromatic heterocycles. The Balaban J connectivity index is 1.46. The van der Waals surface area contributed by atoms with Gasteiger partial charge in [0.25, 0.3) is 11.8 Å². The van der Waals surface area contributed by atoms with Crippen LogP contribution in [0.2, 0.25) is 0 Å². The van der Waals surface area contributed by atoms with Gasteiger partial charge >= 0.3 is 5.97 Å². The number of rotatable bonds is 12. The lowest BCUT2D eigenvalue weighted by Crippen LogP contribution is -2.70. The number of thiazole rings is 1. The molecular weight excluding hydrogens is 587 g/mol. The number of aliphatic imine (C=N–C) groups is 1. The highest BCUT2D eigenvalue weighted by Gasteiger charge is 2.54. The Morgan fingerprint density at radius 2 is 2.15 bits per heavy atom. The number of carboxylic acids is 1. The maximum absolute atomic E-state index is 13.0. The van der Waals surface area contributed by atoms with E-state index in [1.54, 1.807) is 30.2 Å². The van der Waals surface area contributed by atoms with Crippen LogP contribution >= 0.6 is 46.6 Å². The summed E-state index contributed by atoms with van der Waals surface area (Å²) in [5.74, 6) is -1.05. The number of nitrogens with zero attached hydrogens (tertiary/aromatic N) is 5. The Morgan fingerprint density at radius 3 is 2.82 bits per heavy atom. The summed E-state index contributed by atoms with van der Waals surface area (Å²) in [5.41, 5.74) is 17.1. The fraction of sp³-hybridized carbons (Fsp3) is 0.333. The molecule has 2 amide bonds. The third-order valence-corrected chi connectivity index (χ3v) is 9.83. The van der Waals surface area contributed by atoms with Gasteiger partial charge in [0.05, 0.1) is 12.2 Å². The van der Waals surface area contributed by atoms with Crippen molar-refractivity contribution in [2.24, 2.45) is 21.6 Å². The van der Waals surface area contributed by atoms with E-state index in [4.69, 9.17) is 17.2 Å². The molecule has 8 N–H and O–H groups in total. The molecule has 4 heterocycles. The van der Waals surface area contributed by atoms with Gasteiger partial charge in [-0.05, 0) is 16.8 Å². The number of nitrogens with one attached hydrogen (secondary N) is 1. The molecule has 39 heavy (non-hydrogen) atoms. The van der Waals surface area contributed by atoms with E-state index in [1.165, 1.54) is 33.8 Å². The van der Waals surface area contributed by atoms with Crippen LogP contribution in [-0.4, -0.2) is 73.2 Å². The van der Waals surface area contributed by atoms with Crippen molar-refractivity contribution in [2.75, 3.05) is 23.8 Å². The van der Waals surface area contributed by atoms with Crippen molar-refractivity contribution in [2.45, 2.75) is 28.1 Å².